The zero-order valence-corrected chi connectivity index (χ0v) is 10.9. The van der Waals surface area contributed by atoms with Crippen LogP contribution in [0.1, 0.15) is 11.1 Å². The molecular formula is C17H16O2. The van der Waals surface area contributed by atoms with E-state index in [4.69, 9.17) is 4.74 Å². The number of rotatable bonds is 2. The van der Waals surface area contributed by atoms with E-state index < -0.39 is 0 Å². The highest BCUT2D eigenvalue weighted by molar-refractivity contribution is 5.75. The molecule has 1 atom stereocenters. The summed E-state index contributed by atoms with van der Waals surface area (Å²) in [7, 11) is 1.46. The lowest BCUT2D eigenvalue weighted by atomic mass is 10.0. The minimum absolute atomic E-state index is 0.00831. The Morgan fingerprint density at radius 2 is 1.74 bits per heavy atom. The number of esters is 1. The van der Waals surface area contributed by atoms with Crippen LogP contribution in [0.15, 0.2) is 48.5 Å². The molecule has 1 unspecified atom stereocenters. The summed E-state index contributed by atoms with van der Waals surface area (Å²) in [6, 6.07) is 16.8. The zero-order valence-electron chi connectivity index (χ0n) is 10.9. The van der Waals surface area contributed by atoms with Crippen molar-refractivity contribution in [3.63, 3.8) is 0 Å². The number of methoxy groups -OCH3 is 1. The summed E-state index contributed by atoms with van der Waals surface area (Å²) < 4.78 is 4.84. The fraction of sp³-hybridized carbons (Fsp3) is 0.235. The van der Waals surface area contributed by atoms with E-state index in [-0.39, 0.29) is 11.9 Å². The van der Waals surface area contributed by atoms with E-state index in [1.807, 2.05) is 18.2 Å². The monoisotopic (exact) mass is 252 g/mol. The largest absolute Gasteiger partial charge is 0.469 e. The first-order chi connectivity index (χ1) is 9.28. The van der Waals surface area contributed by atoms with Gasteiger partial charge in [-0.3, -0.25) is 4.79 Å². The van der Waals surface area contributed by atoms with Crippen LogP contribution in [-0.2, 0) is 22.4 Å². The Hall–Kier alpha value is -2.09. The number of fused-ring (bicyclic) bond motifs is 1. The van der Waals surface area contributed by atoms with Crippen molar-refractivity contribution in [3.8, 4) is 11.1 Å². The standard InChI is InChI=1S/C17H16O2/c1-19-17(18)16-10-14-8-7-13(9-15(14)11-16)12-5-3-2-4-6-12/h2-9,16H,10-11H2,1H3. The van der Waals surface area contributed by atoms with Gasteiger partial charge in [-0.15, -0.1) is 0 Å². The van der Waals surface area contributed by atoms with Gasteiger partial charge >= 0.3 is 5.97 Å². The third-order valence-electron chi connectivity index (χ3n) is 3.78. The van der Waals surface area contributed by atoms with Gasteiger partial charge in [0.1, 0.15) is 0 Å². The summed E-state index contributed by atoms with van der Waals surface area (Å²) in [4.78, 5) is 11.6. The molecule has 2 aromatic rings. The van der Waals surface area contributed by atoms with Gasteiger partial charge in [0, 0.05) is 0 Å². The highest BCUT2D eigenvalue weighted by Gasteiger charge is 2.28. The fourth-order valence-corrected chi connectivity index (χ4v) is 2.76. The molecule has 3 rings (SSSR count). The molecule has 0 amide bonds. The maximum atomic E-state index is 11.6. The predicted octanol–water partition coefficient (Wildman–Crippen LogP) is 3.24. The molecule has 2 nitrogen and oxygen atoms in total. The Bertz CT molecular complexity index is 602. The van der Waals surface area contributed by atoms with Gasteiger partial charge in [-0.05, 0) is 35.1 Å². The van der Waals surface area contributed by atoms with Crippen LogP contribution in [0.3, 0.4) is 0 Å². The molecule has 0 radical (unpaired) electrons. The lowest BCUT2D eigenvalue weighted by Crippen LogP contribution is -2.15. The fourth-order valence-electron chi connectivity index (χ4n) is 2.76. The zero-order chi connectivity index (χ0) is 13.2. The molecule has 1 aliphatic carbocycles. The lowest BCUT2D eigenvalue weighted by molar-refractivity contribution is -0.145. The van der Waals surface area contributed by atoms with Crippen LogP contribution >= 0.6 is 0 Å². The normalized spacial score (nSPS) is 17.0. The maximum absolute atomic E-state index is 11.6. The topological polar surface area (TPSA) is 26.3 Å². The van der Waals surface area contributed by atoms with Crippen molar-refractivity contribution < 1.29 is 9.53 Å². The first-order valence-electron chi connectivity index (χ1n) is 6.53. The molecule has 0 saturated heterocycles. The Morgan fingerprint density at radius 1 is 1.00 bits per heavy atom. The van der Waals surface area contributed by atoms with Crippen molar-refractivity contribution in [2.24, 2.45) is 5.92 Å². The van der Waals surface area contributed by atoms with E-state index in [2.05, 4.69) is 30.3 Å². The number of ether oxygens (including phenoxy) is 1. The van der Waals surface area contributed by atoms with Crippen molar-refractivity contribution in [2.45, 2.75) is 12.8 Å². The Labute approximate surface area is 113 Å². The lowest BCUT2D eigenvalue weighted by Gasteiger charge is -2.05. The van der Waals surface area contributed by atoms with Crippen molar-refractivity contribution in [1.82, 2.24) is 0 Å². The van der Waals surface area contributed by atoms with Gasteiger partial charge in [0.2, 0.25) is 0 Å². The summed E-state index contributed by atoms with van der Waals surface area (Å²) in [5, 5.41) is 0. The summed E-state index contributed by atoms with van der Waals surface area (Å²) in [6.07, 6.45) is 1.60. The first-order valence-corrected chi connectivity index (χ1v) is 6.53. The van der Waals surface area contributed by atoms with Crippen molar-refractivity contribution >= 4 is 5.97 Å². The summed E-state index contributed by atoms with van der Waals surface area (Å²) >= 11 is 0. The third-order valence-corrected chi connectivity index (χ3v) is 3.78. The van der Waals surface area contributed by atoms with Gasteiger partial charge in [-0.25, -0.2) is 0 Å². The Balaban J connectivity index is 1.90. The van der Waals surface area contributed by atoms with E-state index in [0.717, 1.165) is 12.8 Å². The second kappa shape index (κ2) is 4.88. The van der Waals surface area contributed by atoms with Gasteiger partial charge in [0.25, 0.3) is 0 Å². The van der Waals surface area contributed by atoms with Crippen LogP contribution in [0.25, 0.3) is 11.1 Å². The average Bonchev–Trinajstić information content (AvgIpc) is 2.90. The van der Waals surface area contributed by atoms with Crippen LogP contribution in [0.2, 0.25) is 0 Å². The molecule has 1 aliphatic rings. The quantitative estimate of drug-likeness (QED) is 0.767. The Kier molecular flexibility index (Phi) is 3.08. The molecule has 0 spiro atoms. The molecule has 0 N–H and O–H groups in total. The summed E-state index contributed by atoms with van der Waals surface area (Å²) in [5.41, 5.74) is 4.98. The van der Waals surface area contributed by atoms with Crippen LogP contribution in [0, 0.1) is 5.92 Å². The van der Waals surface area contributed by atoms with Crippen molar-refractivity contribution in [1.29, 1.82) is 0 Å². The van der Waals surface area contributed by atoms with E-state index in [1.54, 1.807) is 0 Å². The Morgan fingerprint density at radius 3 is 2.47 bits per heavy atom. The van der Waals surface area contributed by atoms with Crippen LogP contribution in [0.5, 0.6) is 0 Å². The van der Waals surface area contributed by atoms with Gasteiger partial charge in [0.15, 0.2) is 0 Å². The molecule has 2 aromatic carbocycles. The molecule has 0 bridgehead atoms. The summed E-state index contributed by atoms with van der Waals surface area (Å²) in [6.45, 7) is 0. The minimum Gasteiger partial charge on any atom is -0.469 e. The first kappa shape index (κ1) is 12.0. The van der Waals surface area contributed by atoms with Crippen LogP contribution in [0.4, 0.5) is 0 Å². The van der Waals surface area contributed by atoms with Gasteiger partial charge in [0.05, 0.1) is 13.0 Å². The number of hydrogen-bond acceptors (Lipinski definition) is 2. The maximum Gasteiger partial charge on any atom is 0.309 e. The van der Waals surface area contributed by atoms with Gasteiger partial charge < -0.3 is 4.74 Å². The second-order valence-corrected chi connectivity index (χ2v) is 4.98. The smallest absolute Gasteiger partial charge is 0.309 e. The summed E-state index contributed by atoms with van der Waals surface area (Å²) in [5.74, 6) is -0.108. The SMILES string of the molecule is COC(=O)C1Cc2ccc(-c3ccccc3)cc2C1. The van der Waals surface area contributed by atoms with E-state index in [0.29, 0.717) is 0 Å². The molecule has 19 heavy (non-hydrogen) atoms. The minimum atomic E-state index is -0.0996. The number of benzene rings is 2. The van der Waals surface area contributed by atoms with Gasteiger partial charge in [-0.2, -0.15) is 0 Å². The highest BCUT2D eigenvalue weighted by atomic mass is 16.5. The molecule has 96 valence electrons. The van der Waals surface area contributed by atoms with E-state index in [1.165, 1.54) is 29.4 Å². The number of carbonyl (C=O) groups excluding carboxylic acids is 1. The molecular weight excluding hydrogens is 236 g/mol. The van der Waals surface area contributed by atoms with E-state index >= 15 is 0 Å². The molecule has 2 heteroatoms. The molecule has 0 heterocycles. The number of hydrogen-bond donors (Lipinski definition) is 0. The third kappa shape index (κ3) is 2.26. The van der Waals surface area contributed by atoms with E-state index in [9.17, 15) is 4.79 Å². The average molecular weight is 252 g/mol. The highest BCUT2D eigenvalue weighted by Crippen LogP contribution is 2.31. The molecule has 0 saturated carbocycles. The molecule has 0 fully saturated rings. The van der Waals surface area contributed by atoms with Crippen molar-refractivity contribution in [2.75, 3.05) is 7.11 Å². The predicted molar refractivity (Wildman–Crippen MR) is 74.8 cm³/mol. The molecule has 0 aromatic heterocycles. The number of carbonyl (C=O) groups is 1. The molecule has 0 aliphatic heterocycles. The second-order valence-electron chi connectivity index (χ2n) is 4.98. The van der Waals surface area contributed by atoms with Crippen molar-refractivity contribution in [3.05, 3.63) is 59.7 Å². The van der Waals surface area contributed by atoms with Crippen LogP contribution < -0.4 is 0 Å². The van der Waals surface area contributed by atoms with Crippen LogP contribution in [-0.4, -0.2) is 13.1 Å². The van der Waals surface area contributed by atoms with Gasteiger partial charge in [-0.1, -0.05) is 48.5 Å².